The fourth-order valence-corrected chi connectivity index (χ4v) is 1.39. The van der Waals surface area contributed by atoms with Crippen LogP contribution in [0.3, 0.4) is 0 Å². The van der Waals surface area contributed by atoms with Crippen LogP contribution < -0.4 is 0 Å². The Hall–Kier alpha value is -2.02. The molecule has 2 rings (SSSR count). The van der Waals surface area contributed by atoms with Gasteiger partial charge in [0, 0.05) is 10.9 Å². The Kier molecular flexibility index (Phi) is 21.5. The number of rotatable bonds is 2. The van der Waals surface area contributed by atoms with Crippen molar-refractivity contribution in [3.05, 3.63) is 67.5 Å². The van der Waals surface area contributed by atoms with Crippen LogP contribution in [-0.4, -0.2) is 0 Å². The average molecular weight is 303 g/mol. The lowest BCUT2D eigenvalue weighted by Crippen LogP contribution is -1.69. The predicted molar refractivity (Wildman–Crippen MR) is 105 cm³/mol. The molecule has 2 aromatic rings. The van der Waals surface area contributed by atoms with Gasteiger partial charge in [0.1, 0.15) is 11.3 Å². The summed E-state index contributed by atoms with van der Waals surface area (Å²) in [4.78, 5) is 0. The molecule has 0 bridgehead atoms. The average Bonchev–Trinajstić information content (AvgIpc) is 2.97. The molecule has 0 aliphatic heterocycles. The van der Waals surface area contributed by atoms with Crippen LogP contribution in [0, 0.1) is 6.92 Å². The predicted octanol–water partition coefficient (Wildman–Crippen LogP) is 7.82. The summed E-state index contributed by atoms with van der Waals surface area (Å²) in [5, 5.41) is 1.17. The number of hydrogen-bond acceptors (Lipinski definition) is 1. The summed E-state index contributed by atoms with van der Waals surface area (Å²) in [5.74, 6) is 0.871. The largest absolute Gasteiger partial charge is 0.456 e. The zero-order valence-corrected chi connectivity index (χ0v) is 15.6. The number of benzene rings is 1. The highest BCUT2D eigenvalue weighted by molar-refractivity contribution is 5.83. The summed E-state index contributed by atoms with van der Waals surface area (Å²) in [6.07, 6.45) is 5.02. The van der Waals surface area contributed by atoms with Gasteiger partial charge in [-0.25, -0.2) is 0 Å². The van der Waals surface area contributed by atoms with Crippen molar-refractivity contribution in [3.63, 3.8) is 0 Å². The highest BCUT2D eigenvalue weighted by Crippen LogP contribution is 2.25. The summed E-state index contributed by atoms with van der Waals surface area (Å²) in [7, 11) is 0. The number of aryl methyl sites for hydroxylation is 1. The molecule has 1 heteroatoms. The molecule has 0 aliphatic carbocycles. The normalized spacial score (nSPS) is 7.41. The first-order chi connectivity index (χ1) is 10.7. The van der Waals surface area contributed by atoms with Gasteiger partial charge in [0.15, 0.2) is 0 Å². The molecule has 0 N–H and O–H groups in total. The molecule has 0 unspecified atom stereocenters. The van der Waals surface area contributed by atoms with Gasteiger partial charge in [-0.3, -0.25) is 0 Å². The van der Waals surface area contributed by atoms with Crippen LogP contribution in [0.25, 0.3) is 17.0 Å². The summed E-state index contributed by atoms with van der Waals surface area (Å²) in [6.45, 7) is 24.5. The Morgan fingerprint density at radius 1 is 0.818 bits per heavy atom. The monoisotopic (exact) mass is 302 g/mol. The first-order valence-corrected chi connectivity index (χ1v) is 8.08. The maximum absolute atomic E-state index is 5.53. The van der Waals surface area contributed by atoms with Gasteiger partial charge in [0.05, 0.1) is 0 Å². The molecule has 124 valence electrons. The second-order valence-corrected chi connectivity index (χ2v) is 3.26. The number of allylic oxidation sites excluding steroid dienone is 2. The lowest BCUT2D eigenvalue weighted by Gasteiger charge is -1.85. The smallest absolute Gasteiger partial charge is 0.135 e. The lowest BCUT2D eigenvalue weighted by atomic mass is 10.1. The maximum atomic E-state index is 5.53. The van der Waals surface area contributed by atoms with Crippen LogP contribution in [0.2, 0.25) is 0 Å². The second kappa shape index (κ2) is 19.0. The maximum Gasteiger partial charge on any atom is 0.135 e. The lowest BCUT2D eigenvalue weighted by molar-refractivity contribution is 0.601. The van der Waals surface area contributed by atoms with E-state index >= 15 is 0 Å². The van der Waals surface area contributed by atoms with E-state index in [2.05, 4.69) is 25.8 Å². The quantitative estimate of drug-likeness (QED) is 0.515. The molecule has 1 heterocycles. The molecular formula is C21H34O. The Labute approximate surface area is 138 Å². The van der Waals surface area contributed by atoms with Gasteiger partial charge in [0.2, 0.25) is 0 Å². The van der Waals surface area contributed by atoms with Crippen LogP contribution in [0.15, 0.2) is 60.6 Å². The highest BCUT2D eigenvalue weighted by Gasteiger charge is 2.05. The first-order valence-electron chi connectivity index (χ1n) is 8.08. The van der Waals surface area contributed by atoms with Gasteiger partial charge in [-0.15, -0.1) is 0 Å². The third-order valence-electron chi connectivity index (χ3n) is 2.23. The first kappa shape index (κ1) is 25.0. The van der Waals surface area contributed by atoms with Gasteiger partial charge in [-0.1, -0.05) is 91.6 Å². The van der Waals surface area contributed by atoms with Crippen LogP contribution in [0.5, 0.6) is 0 Å². The van der Waals surface area contributed by atoms with Crippen LogP contribution in [-0.2, 0) is 0 Å². The Morgan fingerprint density at radius 2 is 1.27 bits per heavy atom. The molecular weight excluding hydrogens is 268 g/mol. The summed E-state index contributed by atoms with van der Waals surface area (Å²) in [5.41, 5.74) is 2.10. The number of fused-ring (bicyclic) bond motifs is 1. The minimum absolute atomic E-state index is 0.871. The zero-order valence-electron chi connectivity index (χ0n) is 15.6. The van der Waals surface area contributed by atoms with Gasteiger partial charge < -0.3 is 4.42 Å². The van der Waals surface area contributed by atoms with E-state index in [1.807, 2.05) is 66.7 Å². The van der Waals surface area contributed by atoms with E-state index in [1.165, 1.54) is 10.9 Å². The topological polar surface area (TPSA) is 13.1 Å². The standard InChI is InChI=1S/C11H10O.C4H6.3C2H6/c1-3-10-8(2)9-6-4-5-7-11(9)12-10;1-3-4-2;3*1-2/h3-7H,1H2,2H3;3-4H,1-2H2;3*1-2H3. The second-order valence-electron chi connectivity index (χ2n) is 3.26. The molecule has 0 saturated heterocycles. The van der Waals surface area contributed by atoms with Crippen LogP contribution in [0.1, 0.15) is 52.9 Å². The van der Waals surface area contributed by atoms with Crippen LogP contribution in [0.4, 0.5) is 0 Å². The summed E-state index contributed by atoms with van der Waals surface area (Å²) in [6, 6.07) is 8.01. The summed E-state index contributed by atoms with van der Waals surface area (Å²) >= 11 is 0. The van der Waals surface area contributed by atoms with Crippen LogP contribution >= 0.6 is 0 Å². The van der Waals surface area contributed by atoms with E-state index in [9.17, 15) is 0 Å². The molecule has 1 nitrogen and oxygen atoms in total. The van der Waals surface area contributed by atoms with E-state index in [0.717, 1.165) is 11.3 Å². The van der Waals surface area contributed by atoms with Crippen molar-refractivity contribution < 1.29 is 4.42 Å². The number of para-hydroxylation sites is 1. The molecule has 0 amide bonds. The third-order valence-corrected chi connectivity index (χ3v) is 2.23. The van der Waals surface area contributed by atoms with Crippen molar-refractivity contribution >= 4 is 17.0 Å². The minimum atomic E-state index is 0.871. The van der Waals surface area contributed by atoms with Crippen molar-refractivity contribution in [1.29, 1.82) is 0 Å². The molecule has 0 fully saturated rings. The Balaban J connectivity index is -0.000000307. The van der Waals surface area contributed by atoms with Crippen molar-refractivity contribution in [2.45, 2.75) is 48.5 Å². The van der Waals surface area contributed by atoms with Crippen molar-refractivity contribution in [2.24, 2.45) is 0 Å². The van der Waals surface area contributed by atoms with E-state index in [1.54, 1.807) is 18.2 Å². The number of furan rings is 1. The van der Waals surface area contributed by atoms with Crippen molar-refractivity contribution in [3.8, 4) is 0 Å². The third kappa shape index (κ3) is 9.02. The molecule has 0 spiro atoms. The molecule has 0 aliphatic rings. The van der Waals surface area contributed by atoms with Crippen molar-refractivity contribution in [1.82, 2.24) is 0 Å². The molecule has 0 radical (unpaired) electrons. The fourth-order valence-electron chi connectivity index (χ4n) is 1.39. The molecule has 0 atom stereocenters. The molecule has 22 heavy (non-hydrogen) atoms. The fraction of sp³-hybridized carbons (Fsp3) is 0.333. The SMILES string of the molecule is C=CC=C.C=Cc1oc2ccccc2c1C.CC.CC.CC. The summed E-state index contributed by atoms with van der Waals surface area (Å²) < 4.78 is 5.53. The Bertz CT molecular complexity index is 498. The van der Waals surface area contributed by atoms with E-state index in [0.29, 0.717) is 0 Å². The van der Waals surface area contributed by atoms with Gasteiger partial charge >= 0.3 is 0 Å². The molecule has 1 aromatic carbocycles. The molecule has 1 aromatic heterocycles. The zero-order chi connectivity index (χ0) is 18.0. The van der Waals surface area contributed by atoms with Gasteiger partial charge in [-0.2, -0.15) is 0 Å². The van der Waals surface area contributed by atoms with Gasteiger partial charge in [0.25, 0.3) is 0 Å². The van der Waals surface area contributed by atoms with E-state index < -0.39 is 0 Å². The highest BCUT2D eigenvalue weighted by atomic mass is 16.3. The van der Waals surface area contributed by atoms with E-state index in [4.69, 9.17) is 4.42 Å². The van der Waals surface area contributed by atoms with Gasteiger partial charge in [-0.05, 0) is 19.1 Å². The van der Waals surface area contributed by atoms with Crippen molar-refractivity contribution in [2.75, 3.05) is 0 Å². The number of hydrogen-bond donors (Lipinski definition) is 0. The van der Waals surface area contributed by atoms with E-state index in [-0.39, 0.29) is 0 Å². The minimum Gasteiger partial charge on any atom is -0.456 e. The Morgan fingerprint density at radius 3 is 1.64 bits per heavy atom. The molecule has 0 saturated carbocycles.